The highest BCUT2D eigenvalue weighted by Gasteiger charge is 2.43. The number of nitrogens with zero attached hydrogens (tertiary/aromatic N) is 2. The first-order valence-corrected chi connectivity index (χ1v) is 10.1. The van der Waals surface area contributed by atoms with Crippen LogP contribution in [-0.2, 0) is 9.59 Å². The number of carbonyl (C=O) groups is 2. The van der Waals surface area contributed by atoms with E-state index in [1.807, 2.05) is 55.1 Å². The predicted octanol–water partition coefficient (Wildman–Crippen LogP) is 3.29. The molecule has 1 fully saturated rings. The van der Waals surface area contributed by atoms with Crippen LogP contribution in [0.2, 0.25) is 0 Å². The predicted molar refractivity (Wildman–Crippen MR) is 113 cm³/mol. The van der Waals surface area contributed by atoms with Crippen molar-refractivity contribution in [1.82, 2.24) is 4.90 Å². The van der Waals surface area contributed by atoms with Crippen molar-refractivity contribution < 1.29 is 14.7 Å². The van der Waals surface area contributed by atoms with Gasteiger partial charge in [-0.15, -0.1) is 0 Å². The maximum atomic E-state index is 13.5. The van der Waals surface area contributed by atoms with Crippen LogP contribution in [0.3, 0.4) is 0 Å². The molecule has 0 spiro atoms. The second-order valence-electron chi connectivity index (χ2n) is 7.94. The lowest BCUT2D eigenvalue weighted by Gasteiger charge is -2.34. The minimum atomic E-state index is -0.287. The third-order valence-electron chi connectivity index (χ3n) is 5.96. The highest BCUT2D eigenvalue weighted by Crippen LogP contribution is 2.36. The molecule has 5 nitrogen and oxygen atoms in total. The smallest absolute Gasteiger partial charge is 0.282 e. The summed E-state index contributed by atoms with van der Waals surface area (Å²) in [6.07, 6.45) is 1.82. The number of hydrogen-bond donors (Lipinski definition) is 1. The first-order valence-electron chi connectivity index (χ1n) is 10.1. The van der Waals surface area contributed by atoms with Gasteiger partial charge in [0, 0.05) is 19.7 Å². The highest BCUT2D eigenvalue weighted by atomic mass is 16.3. The summed E-state index contributed by atoms with van der Waals surface area (Å²) in [6.45, 7) is 5.43. The Morgan fingerprint density at radius 3 is 2.45 bits per heavy atom. The quantitative estimate of drug-likeness (QED) is 0.814. The first kappa shape index (κ1) is 19.4. The van der Waals surface area contributed by atoms with Gasteiger partial charge in [-0.3, -0.25) is 9.59 Å². The summed E-state index contributed by atoms with van der Waals surface area (Å²) < 4.78 is 0. The van der Waals surface area contributed by atoms with Gasteiger partial charge in [-0.25, -0.2) is 4.90 Å². The number of aliphatic hydroxyl groups excluding tert-OH is 1. The topological polar surface area (TPSA) is 60.9 Å². The Kier molecular flexibility index (Phi) is 5.24. The van der Waals surface area contributed by atoms with Crippen LogP contribution in [0.4, 0.5) is 5.69 Å². The lowest BCUT2D eigenvalue weighted by atomic mass is 9.96. The number of aliphatic hydroxyl groups is 1. The van der Waals surface area contributed by atoms with Crippen molar-refractivity contribution in [3.63, 3.8) is 0 Å². The number of imide groups is 1. The van der Waals surface area contributed by atoms with E-state index in [9.17, 15) is 14.7 Å². The second-order valence-corrected chi connectivity index (χ2v) is 7.94. The summed E-state index contributed by atoms with van der Waals surface area (Å²) in [7, 11) is 0. The van der Waals surface area contributed by atoms with Crippen LogP contribution in [0.5, 0.6) is 0 Å². The summed E-state index contributed by atoms with van der Waals surface area (Å²) >= 11 is 0. The van der Waals surface area contributed by atoms with Gasteiger partial charge in [0.1, 0.15) is 5.70 Å². The molecule has 1 N–H and O–H groups in total. The van der Waals surface area contributed by atoms with Crippen molar-refractivity contribution in [3.8, 4) is 0 Å². The molecule has 29 heavy (non-hydrogen) atoms. The van der Waals surface area contributed by atoms with Gasteiger partial charge >= 0.3 is 0 Å². The Bertz CT molecular complexity index is 981. The van der Waals surface area contributed by atoms with Crippen molar-refractivity contribution in [1.29, 1.82) is 0 Å². The zero-order valence-corrected chi connectivity index (χ0v) is 16.9. The van der Waals surface area contributed by atoms with Crippen molar-refractivity contribution in [2.75, 3.05) is 24.6 Å². The van der Waals surface area contributed by atoms with Gasteiger partial charge in [0.15, 0.2) is 0 Å². The monoisotopic (exact) mass is 390 g/mol. The molecule has 1 saturated heterocycles. The number of amides is 2. The van der Waals surface area contributed by atoms with Crippen molar-refractivity contribution >= 4 is 23.1 Å². The van der Waals surface area contributed by atoms with Gasteiger partial charge in [-0.05, 0) is 61.4 Å². The van der Waals surface area contributed by atoms with Crippen molar-refractivity contribution in [2.24, 2.45) is 5.92 Å². The summed E-state index contributed by atoms with van der Waals surface area (Å²) in [5, 5.41) is 9.64. The molecule has 0 radical (unpaired) electrons. The average molecular weight is 390 g/mol. The zero-order chi connectivity index (χ0) is 20.5. The number of aryl methyl sites for hydroxylation is 2. The third-order valence-corrected chi connectivity index (χ3v) is 5.96. The number of rotatable bonds is 4. The van der Waals surface area contributed by atoms with Gasteiger partial charge < -0.3 is 10.0 Å². The Balaban J connectivity index is 1.84. The minimum Gasteiger partial charge on any atom is -0.396 e. The molecule has 2 aromatic carbocycles. The minimum absolute atomic E-state index is 0.0906. The van der Waals surface area contributed by atoms with Crippen LogP contribution < -0.4 is 4.90 Å². The van der Waals surface area contributed by atoms with Crippen LogP contribution in [0, 0.1) is 19.8 Å². The molecule has 0 saturated carbocycles. The molecule has 2 aliphatic rings. The summed E-state index contributed by atoms with van der Waals surface area (Å²) in [5.74, 6) is -0.454. The Morgan fingerprint density at radius 2 is 1.76 bits per heavy atom. The number of carbonyl (C=O) groups excluding carboxylic acids is 2. The molecule has 0 aliphatic carbocycles. The Hall–Kier alpha value is -2.92. The standard InChI is InChI=1S/C24H26N2O3/c1-16-10-11-19(13-17(16)2)21-22(25-12-6-7-18(14-25)15-27)24(29)26(23(21)28)20-8-4-3-5-9-20/h3-5,8-11,13,18,27H,6-7,12,14-15H2,1-2H3. The number of hydrogen-bond acceptors (Lipinski definition) is 4. The van der Waals surface area contributed by atoms with Crippen LogP contribution in [0.15, 0.2) is 54.2 Å². The molecule has 2 amide bonds. The van der Waals surface area contributed by atoms with E-state index in [-0.39, 0.29) is 24.3 Å². The van der Waals surface area contributed by atoms with Crippen LogP contribution in [-0.4, -0.2) is 41.5 Å². The van der Waals surface area contributed by atoms with Gasteiger partial charge in [-0.2, -0.15) is 0 Å². The molecule has 2 aromatic rings. The Labute approximate surface area is 171 Å². The van der Waals surface area contributed by atoms with E-state index < -0.39 is 0 Å². The summed E-state index contributed by atoms with van der Waals surface area (Å²) in [4.78, 5) is 30.3. The van der Waals surface area contributed by atoms with Gasteiger partial charge in [-0.1, -0.05) is 36.4 Å². The molecule has 2 aliphatic heterocycles. The van der Waals surface area contributed by atoms with E-state index in [0.717, 1.165) is 29.5 Å². The van der Waals surface area contributed by atoms with Gasteiger partial charge in [0.2, 0.25) is 0 Å². The fourth-order valence-electron chi connectivity index (χ4n) is 4.20. The van der Waals surface area contributed by atoms with Crippen molar-refractivity contribution in [2.45, 2.75) is 26.7 Å². The van der Waals surface area contributed by atoms with Gasteiger partial charge in [0.25, 0.3) is 11.8 Å². The van der Waals surface area contributed by atoms with E-state index in [1.165, 1.54) is 4.90 Å². The number of benzene rings is 2. The van der Waals surface area contributed by atoms with E-state index in [2.05, 4.69) is 0 Å². The number of anilines is 1. The number of piperidine rings is 1. The third kappa shape index (κ3) is 3.47. The lowest BCUT2D eigenvalue weighted by Crippen LogP contribution is -2.40. The van der Waals surface area contributed by atoms with E-state index in [4.69, 9.17) is 0 Å². The molecule has 0 aromatic heterocycles. The van der Waals surface area contributed by atoms with E-state index >= 15 is 0 Å². The maximum Gasteiger partial charge on any atom is 0.282 e. The molecule has 4 rings (SSSR count). The van der Waals surface area contributed by atoms with Crippen LogP contribution >= 0.6 is 0 Å². The lowest BCUT2D eigenvalue weighted by molar-refractivity contribution is -0.120. The summed E-state index contributed by atoms with van der Waals surface area (Å²) in [5.41, 5.74) is 4.49. The second kappa shape index (κ2) is 7.84. The van der Waals surface area contributed by atoms with E-state index in [1.54, 1.807) is 12.1 Å². The normalized spacial score (nSPS) is 20.0. The molecule has 1 atom stereocenters. The van der Waals surface area contributed by atoms with Crippen molar-refractivity contribution in [3.05, 3.63) is 70.9 Å². The number of para-hydroxylation sites is 1. The summed E-state index contributed by atoms with van der Waals surface area (Å²) in [6, 6.07) is 15.0. The maximum absolute atomic E-state index is 13.5. The molecule has 2 heterocycles. The fourth-order valence-corrected chi connectivity index (χ4v) is 4.20. The van der Waals surface area contributed by atoms with Gasteiger partial charge in [0.05, 0.1) is 11.3 Å². The largest absolute Gasteiger partial charge is 0.396 e. The molecule has 150 valence electrons. The van der Waals surface area contributed by atoms with Crippen LogP contribution in [0.1, 0.15) is 29.5 Å². The molecule has 0 bridgehead atoms. The molecular formula is C24H26N2O3. The van der Waals surface area contributed by atoms with E-state index in [0.29, 0.717) is 30.0 Å². The highest BCUT2D eigenvalue weighted by molar-refractivity contribution is 6.45. The number of likely N-dealkylation sites (tertiary alicyclic amines) is 1. The molecule has 5 heteroatoms. The Morgan fingerprint density at radius 1 is 1.00 bits per heavy atom. The average Bonchev–Trinajstić information content (AvgIpc) is 3.01. The molecule has 1 unspecified atom stereocenters. The molecular weight excluding hydrogens is 364 g/mol. The fraction of sp³-hybridized carbons (Fsp3) is 0.333. The van der Waals surface area contributed by atoms with Crippen LogP contribution in [0.25, 0.3) is 5.57 Å². The zero-order valence-electron chi connectivity index (χ0n) is 16.9. The SMILES string of the molecule is Cc1ccc(C2=C(N3CCCC(CO)C3)C(=O)N(c3ccccc3)C2=O)cc1C. The first-order chi connectivity index (χ1) is 14.0.